The van der Waals surface area contributed by atoms with Gasteiger partial charge in [0.25, 0.3) is 0 Å². The molecule has 0 saturated heterocycles. The fourth-order valence-electron chi connectivity index (χ4n) is 0.876. The minimum absolute atomic E-state index is 0.0481. The molecule has 0 rings (SSSR count). The average molecular weight is 192 g/mol. The van der Waals surface area contributed by atoms with E-state index in [1.165, 1.54) is 0 Å². The van der Waals surface area contributed by atoms with Gasteiger partial charge in [-0.2, -0.15) is 0 Å². The van der Waals surface area contributed by atoms with Crippen molar-refractivity contribution < 1.29 is 9.53 Å². The summed E-state index contributed by atoms with van der Waals surface area (Å²) in [7, 11) is -1.69. The molecule has 0 spiro atoms. The smallest absolute Gasteiger partial charge is 0.193 e. The highest BCUT2D eigenvalue weighted by molar-refractivity contribution is 6.69. The Labute approximate surface area is 78.6 Å². The summed E-state index contributed by atoms with van der Waals surface area (Å²) in [6.45, 7) is 11.0. The van der Waals surface area contributed by atoms with Crippen LogP contribution in [0.3, 0.4) is 0 Å². The first-order chi connectivity index (χ1) is 5.77. The van der Waals surface area contributed by atoms with E-state index >= 15 is 0 Å². The van der Waals surface area contributed by atoms with Crippen molar-refractivity contribution in [2.45, 2.75) is 51.9 Å². The monoisotopic (exact) mass is 192 g/mol. The molecule has 12 heavy (non-hydrogen) atoms. The lowest BCUT2D eigenvalue weighted by Crippen LogP contribution is -2.26. The molecule has 1 N–H and O–H groups in total. The van der Waals surface area contributed by atoms with E-state index in [1.54, 1.807) is 0 Å². The first-order valence-electron chi connectivity index (χ1n) is 4.96. The maximum atomic E-state index is 6.88. The highest BCUT2D eigenvalue weighted by atomic mass is 28.4. The maximum absolute atomic E-state index is 6.88. The van der Waals surface area contributed by atoms with Crippen molar-refractivity contribution in [2.24, 2.45) is 0 Å². The van der Waals surface area contributed by atoms with Crippen molar-refractivity contribution in [1.29, 1.82) is 1.43 Å². The molecule has 0 bridgehead atoms. The molecule has 0 heterocycles. The van der Waals surface area contributed by atoms with E-state index in [-0.39, 0.29) is 5.60 Å². The second kappa shape index (κ2) is 4.39. The molecular formula is C9H22O2Si. The first-order valence-corrected chi connectivity index (χ1v) is 7.67. The Bertz CT molecular complexity index is 143. The third-order valence-electron chi connectivity index (χ3n) is 1.46. The number of hydrogen-bond acceptors (Lipinski definition) is 2. The average Bonchev–Trinajstić information content (AvgIpc) is 1.97. The van der Waals surface area contributed by atoms with Gasteiger partial charge in [0.15, 0.2) is 9.75 Å². The number of rotatable bonds is 5. The molecule has 0 radical (unpaired) electrons. The Morgan fingerprint density at radius 1 is 1.42 bits per heavy atom. The molecule has 0 aromatic rings. The van der Waals surface area contributed by atoms with Crippen LogP contribution in [0.4, 0.5) is 0 Å². The lowest BCUT2D eigenvalue weighted by Gasteiger charge is -2.20. The minimum Gasteiger partial charge on any atom is -0.432 e. The zero-order valence-electron chi connectivity index (χ0n) is 9.94. The van der Waals surface area contributed by atoms with Crippen molar-refractivity contribution >= 4 is 8.32 Å². The van der Waals surface area contributed by atoms with Crippen LogP contribution >= 0.6 is 0 Å². The third kappa shape index (κ3) is 10.1. The summed E-state index contributed by atoms with van der Waals surface area (Å²) in [4.78, 5) is 4.70. The van der Waals surface area contributed by atoms with Crippen molar-refractivity contribution in [3.8, 4) is 0 Å². The molecule has 0 aromatic carbocycles. The van der Waals surface area contributed by atoms with E-state index in [9.17, 15) is 0 Å². The zero-order valence-corrected chi connectivity index (χ0v) is 9.94. The Balaban J connectivity index is 3.47. The van der Waals surface area contributed by atoms with Crippen molar-refractivity contribution in [3.05, 3.63) is 0 Å². The molecule has 0 aliphatic carbocycles. The largest absolute Gasteiger partial charge is 0.432 e. The lowest BCUT2D eigenvalue weighted by atomic mass is 10.2. The molecule has 0 fully saturated rings. The SMILES string of the molecule is [3H]O[Si](C)(C)CCCOC(C)(C)C. The van der Waals surface area contributed by atoms with Gasteiger partial charge in [-0.15, -0.1) is 0 Å². The van der Waals surface area contributed by atoms with Crippen LogP contribution in [0, 0.1) is 0 Å². The quantitative estimate of drug-likeness (QED) is 0.535. The van der Waals surface area contributed by atoms with Gasteiger partial charge in [0.2, 0.25) is 0 Å². The summed E-state index contributed by atoms with van der Waals surface area (Å²) >= 11 is 0. The molecule has 0 saturated carbocycles. The predicted molar refractivity (Wildman–Crippen MR) is 54.8 cm³/mol. The normalized spacial score (nSPS) is 14.6. The molecule has 0 atom stereocenters. The van der Waals surface area contributed by atoms with Gasteiger partial charge in [-0.05, 0) is 46.3 Å². The molecule has 2 nitrogen and oxygen atoms in total. The van der Waals surface area contributed by atoms with Crippen LogP contribution in [-0.2, 0) is 4.74 Å². The predicted octanol–water partition coefficient (Wildman–Crippen LogP) is 2.39. The van der Waals surface area contributed by atoms with Crippen LogP contribution in [0.2, 0.25) is 19.1 Å². The van der Waals surface area contributed by atoms with Gasteiger partial charge >= 0.3 is 0 Å². The van der Waals surface area contributed by atoms with Gasteiger partial charge in [-0.25, -0.2) is 0 Å². The summed E-state index contributed by atoms with van der Waals surface area (Å²) in [6.07, 6.45) is 0.995. The fourth-order valence-corrected chi connectivity index (χ4v) is 1.87. The van der Waals surface area contributed by atoms with Crippen LogP contribution in [0.5, 0.6) is 0 Å². The van der Waals surface area contributed by atoms with E-state index in [4.69, 9.17) is 11.0 Å². The fraction of sp³-hybridized carbons (Fsp3) is 1.00. The van der Waals surface area contributed by atoms with Crippen LogP contribution in [-0.4, -0.2) is 26.8 Å². The summed E-state index contributed by atoms with van der Waals surface area (Å²) < 4.78 is 12.5. The third-order valence-corrected chi connectivity index (χ3v) is 3.02. The van der Waals surface area contributed by atoms with Crippen LogP contribution in [0.1, 0.15) is 27.2 Å². The second-order valence-corrected chi connectivity index (χ2v) is 8.84. The molecule has 3 heteroatoms. The zero-order chi connectivity index (χ0) is 10.5. The van der Waals surface area contributed by atoms with Crippen molar-refractivity contribution in [1.82, 2.24) is 0 Å². The number of ether oxygens (including phenoxy) is 1. The molecule has 0 aliphatic rings. The Hall–Kier alpha value is 0.137. The van der Waals surface area contributed by atoms with Gasteiger partial charge < -0.3 is 9.53 Å². The molecule has 0 aliphatic heterocycles. The van der Waals surface area contributed by atoms with Crippen LogP contribution in [0.15, 0.2) is 0 Å². The lowest BCUT2D eigenvalue weighted by molar-refractivity contribution is -0.00265. The van der Waals surface area contributed by atoms with Crippen molar-refractivity contribution in [3.63, 3.8) is 0 Å². The van der Waals surface area contributed by atoms with Crippen LogP contribution < -0.4 is 0 Å². The summed E-state index contributed by atoms with van der Waals surface area (Å²) in [5.41, 5.74) is -0.0481. The van der Waals surface area contributed by atoms with E-state index < -0.39 is 8.32 Å². The standard InChI is InChI=1S/C9H22O2Si/c1-9(2,3)11-7-6-8-12(4,5)10/h10H,6-8H2,1-5H3/i10T. The first kappa shape index (κ1) is 10.2. The summed E-state index contributed by atoms with van der Waals surface area (Å²) in [5, 5.41) is 0. The van der Waals surface area contributed by atoms with Gasteiger partial charge in [-0.1, -0.05) is 0 Å². The highest BCUT2D eigenvalue weighted by Crippen LogP contribution is 2.11. The van der Waals surface area contributed by atoms with E-state index in [0.717, 1.165) is 19.1 Å². The molecule has 74 valence electrons. The van der Waals surface area contributed by atoms with Crippen LogP contribution in [0.25, 0.3) is 0 Å². The second-order valence-electron chi connectivity index (χ2n) is 4.82. The van der Waals surface area contributed by atoms with Gasteiger partial charge in [0.05, 0.1) is 5.60 Å². The molecule has 0 unspecified atom stereocenters. The summed E-state index contributed by atoms with van der Waals surface area (Å²) in [6, 6.07) is 0.993. The molecule has 0 amide bonds. The Morgan fingerprint density at radius 2 is 2.00 bits per heavy atom. The van der Waals surface area contributed by atoms with Crippen molar-refractivity contribution in [2.75, 3.05) is 6.61 Å². The highest BCUT2D eigenvalue weighted by Gasteiger charge is 2.16. The Morgan fingerprint density at radius 3 is 2.42 bits per heavy atom. The van der Waals surface area contributed by atoms with Gasteiger partial charge in [0.1, 0.15) is 0 Å². The van der Waals surface area contributed by atoms with E-state index in [1.807, 2.05) is 0 Å². The van der Waals surface area contributed by atoms with Gasteiger partial charge in [-0.3, -0.25) is 0 Å². The van der Waals surface area contributed by atoms with E-state index in [2.05, 4.69) is 33.9 Å². The summed E-state index contributed by atoms with van der Waals surface area (Å²) in [5.74, 6) is 0. The van der Waals surface area contributed by atoms with Gasteiger partial charge in [0, 0.05) is 6.61 Å². The number of hydrogen-bond donors (Lipinski definition) is 1. The molecular weight excluding hydrogens is 168 g/mol. The maximum Gasteiger partial charge on any atom is 0.193 e. The molecule has 0 aromatic heterocycles. The Kier molecular flexibility index (Phi) is 3.74. The van der Waals surface area contributed by atoms with E-state index in [0.29, 0.717) is 0 Å². The minimum atomic E-state index is -1.69. The topological polar surface area (TPSA) is 29.5 Å².